The van der Waals surface area contributed by atoms with Crippen LogP contribution < -0.4 is 4.74 Å². The van der Waals surface area contributed by atoms with E-state index < -0.39 is 6.10 Å². The first-order chi connectivity index (χ1) is 13.5. The van der Waals surface area contributed by atoms with Gasteiger partial charge in [-0.2, -0.15) is 4.98 Å². The summed E-state index contributed by atoms with van der Waals surface area (Å²) < 4.78 is 11.7. The maximum atomic E-state index is 10.3. The van der Waals surface area contributed by atoms with E-state index in [9.17, 15) is 5.11 Å². The van der Waals surface area contributed by atoms with Gasteiger partial charge in [-0.3, -0.25) is 4.98 Å². The molecule has 28 heavy (non-hydrogen) atoms. The van der Waals surface area contributed by atoms with Gasteiger partial charge in [-0.25, -0.2) is 0 Å². The van der Waals surface area contributed by atoms with Gasteiger partial charge < -0.3 is 19.5 Å². The van der Waals surface area contributed by atoms with Gasteiger partial charge in [-0.1, -0.05) is 35.3 Å². The molecule has 2 unspecified atom stereocenters. The molecule has 0 saturated carbocycles. The third-order valence-corrected chi connectivity index (χ3v) is 5.19. The van der Waals surface area contributed by atoms with Crippen LogP contribution in [-0.2, 0) is 4.74 Å². The van der Waals surface area contributed by atoms with Gasteiger partial charge in [-0.15, -0.1) is 0 Å². The molecule has 1 aromatic carbocycles. The van der Waals surface area contributed by atoms with Gasteiger partial charge in [0, 0.05) is 24.7 Å². The van der Waals surface area contributed by atoms with Crippen molar-refractivity contribution in [1.82, 2.24) is 14.9 Å². The highest BCUT2D eigenvalue weighted by molar-refractivity contribution is 6.30. The molecule has 1 aromatic heterocycles. The molecule has 1 fully saturated rings. The standard InChI is InChI=1S/C20H25Cl2N3O3/c1-14(15-2-4-16(21)5-3-15)27-13-17(26)12-25-8-6-18(7-9-25)28-20-11-23-10-19(22)24-20/h2-5,10-11,14,17-18,26H,6-9,12-13H2,1H3. The first-order valence-corrected chi connectivity index (χ1v) is 10.2. The lowest BCUT2D eigenvalue weighted by Crippen LogP contribution is -2.43. The Hall–Kier alpha value is -1.44. The zero-order valence-electron chi connectivity index (χ0n) is 15.8. The van der Waals surface area contributed by atoms with Crippen molar-refractivity contribution >= 4 is 23.2 Å². The van der Waals surface area contributed by atoms with Crippen LogP contribution in [0.5, 0.6) is 5.88 Å². The summed E-state index contributed by atoms with van der Waals surface area (Å²) in [6.07, 6.45) is 4.24. The minimum Gasteiger partial charge on any atom is -0.473 e. The van der Waals surface area contributed by atoms with Gasteiger partial charge in [0.15, 0.2) is 5.15 Å². The van der Waals surface area contributed by atoms with Crippen molar-refractivity contribution in [3.8, 4) is 5.88 Å². The van der Waals surface area contributed by atoms with Crippen LogP contribution in [0.2, 0.25) is 10.2 Å². The monoisotopic (exact) mass is 425 g/mol. The number of β-amino-alcohol motifs (C(OH)–C–C–N with tert-alkyl or cyclic N) is 1. The summed E-state index contributed by atoms with van der Waals surface area (Å²) in [6.45, 7) is 4.54. The number of hydrogen-bond acceptors (Lipinski definition) is 6. The molecule has 3 rings (SSSR count). The predicted octanol–water partition coefficient (Wildman–Crippen LogP) is 3.77. The molecule has 0 bridgehead atoms. The molecule has 2 atom stereocenters. The number of halogens is 2. The summed E-state index contributed by atoms with van der Waals surface area (Å²) in [6, 6.07) is 7.56. The topological polar surface area (TPSA) is 67.7 Å². The first kappa shape index (κ1) is 21.3. The highest BCUT2D eigenvalue weighted by Crippen LogP contribution is 2.20. The summed E-state index contributed by atoms with van der Waals surface area (Å²) in [4.78, 5) is 10.3. The van der Waals surface area contributed by atoms with Crippen LogP contribution in [0.25, 0.3) is 0 Å². The van der Waals surface area contributed by atoms with Gasteiger partial charge in [0.1, 0.15) is 6.10 Å². The molecular formula is C20H25Cl2N3O3. The summed E-state index contributed by atoms with van der Waals surface area (Å²) in [5.74, 6) is 0.454. The van der Waals surface area contributed by atoms with Crippen LogP contribution in [-0.4, -0.2) is 58.4 Å². The number of aliphatic hydroxyl groups is 1. The summed E-state index contributed by atoms with van der Waals surface area (Å²) in [5.41, 5.74) is 1.04. The SMILES string of the molecule is CC(OCC(O)CN1CCC(Oc2cncc(Cl)n2)CC1)c1ccc(Cl)cc1. The van der Waals surface area contributed by atoms with Crippen molar-refractivity contribution in [2.24, 2.45) is 0 Å². The van der Waals surface area contributed by atoms with Crippen LogP contribution in [0.15, 0.2) is 36.7 Å². The van der Waals surface area contributed by atoms with Crippen molar-refractivity contribution in [1.29, 1.82) is 0 Å². The molecule has 1 aliphatic rings. The fourth-order valence-corrected chi connectivity index (χ4v) is 3.46. The highest BCUT2D eigenvalue weighted by Gasteiger charge is 2.23. The van der Waals surface area contributed by atoms with E-state index in [1.54, 1.807) is 6.20 Å². The van der Waals surface area contributed by atoms with E-state index in [2.05, 4.69) is 14.9 Å². The van der Waals surface area contributed by atoms with Gasteiger partial charge in [0.25, 0.3) is 0 Å². The van der Waals surface area contributed by atoms with Crippen LogP contribution >= 0.6 is 23.2 Å². The van der Waals surface area contributed by atoms with Crippen molar-refractivity contribution in [3.63, 3.8) is 0 Å². The Kier molecular flexibility index (Phi) is 7.88. The number of hydrogen-bond donors (Lipinski definition) is 1. The molecule has 152 valence electrons. The quantitative estimate of drug-likeness (QED) is 0.693. The smallest absolute Gasteiger partial charge is 0.234 e. The second-order valence-electron chi connectivity index (χ2n) is 6.98. The van der Waals surface area contributed by atoms with E-state index in [4.69, 9.17) is 32.7 Å². The normalized spacial score (nSPS) is 18.0. The van der Waals surface area contributed by atoms with E-state index in [-0.39, 0.29) is 12.2 Å². The minimum absolute atomic E-state index is 0.0855. The fraction of sp³-hybridized carbons (Fsp3) is 0.500. The number of aromatic nitrogens is 2. The minimum atomic E-state index is -0.536. The Labute approximate surface area is 175 Å². The fourth-order valence-electron chi connectivity index (χ4n) is 3.20. The Morgan fingerprint density at radius 1 is 1.18 bits per heavy atom. The van der Waals surface area contributed by atoms with E-state index in [0.717, 1.165) is 31.5 Å². The van der Waals surface area contributed by atoms with E-state index >= 15 is 0 Å². The van der Waals surface area contributed by atoms with Gasteiger partial charge in [0.2, 0.25) is 5.88 Å². The molecule has 1 N–H and O–H groups in total. The molecule has 0 amide bonds. The largest absolute Gasteiger partial charge is 0.473 e. The van der Waals surface area contributed by atoms with Crippen molar-refractivity contribution in [3.05, 3.63) is 52.4 Å². The maximum absolute atomic E-state index is 10.3. The van der Waals surface area contributed by atoms with Crippen LogP contribution in [0.1, 0.15) is 31.4 Å². The average molecular weight is 426 g/mol. The molecule has 2 heterocycles. The second kappa shape index (κ2) is 10.4. The average Bonchev–Trinajstić information content (AvgIpc) is 2.68. The summed E-state index contributed by atoms with van der Waals surface area (Å²) in [5, 5.41) is 11.3. The molecule has 0 spiro atoms. The summed E-state index contributed by atoms with van der Waals surface area (Å²) >= 11 is 11.7. The van der Waals surface area contributed by atoms with E-state index in [0.29, 0.717) is 29.2 Å². The number of benzene rings is 1. The number of aliphatic hydroxyl groups excluding tert-OH is 1. The van der Waals surface area contributed by atoms with E-state index in [1.165, 1.54) is 6.20 Å². The molecular weight excluding hydrogens is 401 g/mol. The molecule has 6 nitrogen and oxygen atoms in total. The number of likely N-dealkylation sites (tertiary alicyclic amines) is 1. The number of ether oxygens (including phenoxy) is 2. The van der Waals surface area contributed by atoms with Gasteiger partial charge >= 0.3 is 0 Å². The molecule has 8 heteroatoms. The molecule has 2 aromatic rings. The Bertz CT molecular complexity index is 740. The van der Waals surface area contributed by atoms with Crippen LogP contribution in [0, 0.1) is 0 Å². The maximum Gasteiger partial charge on any atom is 0.234 e. The lowest BCUT2D eigenvalue weighted by Gasteiger charge is -2.33. The Morgan fingerprint density at radius 2 is 1.89 bits per heavy atom. The van der Waals surface area contributed by atoms with Gasteiger partial charge in [0.05, 0.1) is 31.2 Å². The van der Waals surface area contributed by atoms with Crippen LogP contribution in [0.3, 0.4) is 0 Å². The predicted molar refractivity (Wildman–Crippen MR) is 109 cm³/mol. The second-order valence-corrected chi connectivity index (χ2v) is 7.80. The van der Waals surface area contributed by atoms with Crippen LogP contribution in [0.4, 0.5) is 0 Å². The first-order valence-electron chi connectivity index (χ1n) is 9.41. The molecule has 0 radical (unpaired) electrons. The van der Waals surface area contributed by atoms with Crippen molar-refractivity contribution in [2.75, 3.05) is 26.2 Å². The number of nitrogens with zero attached hydrogens (tertiary/aromatic N) is 3. The third kappa shape index (κ3) is 6.57. The zero-order valence-corrected chi connectivity index (χ0v) is 17.3. The van der Waals surface area contributed by atoms with Crippen molar-refractivity contribution in [2.45, 2.75) is 38.1 Å². The Morgan fingerprint density at radius 3 is 2.57 bits per heavy atom. The zero-order chi connectivity index (χ0) is 19.9. The number of rotatable bonds is 8. The molecule has 1 aliphatic heterocycles. The molecule has 0 aliphatic carbocycles. The third-order valence-electron chi connectivity index (χ3n) is 4.75. The summed E-state index contributed by atoms with van der Waals surface area (Å²) in [7, 11) is 0. The Balaban J connectivity index is 1.36. The van der Waals surface area contributed by atoms with Gasteiger partial charge in [-0.05, 0) is 37.5 Å². The lowest BCUT2D eigenvalue weighted by molar-refractivity contribution is -0.0219. The lowest BCUT2D eigenvalue weighted by atomic mass is 10.1. The van der Waals surface area contributed by atoms with Crippen molar-refractivity contribution < 1.29 is 14.6 Å². The molecule has 1 saturated heterocycles. The highest BCUT2D eigenvalue weighted by atomic mass is 35.5. The van der Waals surface area contributed by atoms with E-state index in [1.807, 2.05) is 31.2 Å². The number of piperidine rings is 1.